The summed E-state index contributed by atoms with van der Waals surface area (Å²) < 4.78 is 15.1. The molecule has 0 aliphatic carbocycles. The van der Waals surface area contributed by atoms with Crippen LogP contribution in [-0.2, 0) is 16.1 Å². The molecule has 1 fully saturated rings. The first-order valence-corrected chi connectivity index (χ1v) is 11.6. The number of amides is 2. The number of likely N-dealkylation sites (tertiary alicyclic amines) is 1. The summed E-state index contributed by atoms with van der Waals surface area (Å²) in [6.07, 6.45) is 1.68. The maximum atomic E-state index is 13.5. The molecule has 35 heavy (non-hydrogen) atoms. The quantitative estimate of drug-likeness (QED) is 0.485. The van der Waals surface area contributed by atoms with Crippen molar-refractivity contribution in [3.63, 3.8) is 0 Å². The first kappa shape index (κ1) is 24.3. The van der Waals surface area contributed by atoms with Crippen molar-refractivity contribution >= 4 is 17.8 Å². The fourth-order valence-electron chi connectivity index (χ4n) is 4.23. The number of carbonyl (C=O) groups is 2. The lowest BCUT2D eigenvalue weighted by molar-refractivity contribution is -0.126. The van der Waals surface area contributed by atoms with Gasteiger partial charge in [-0.3, -0.25) is 19.8 Å². The Morgan fingerprint density at radius 3 is 2.54 bits per heavy atom. The molecule has 9 heteroatoms. The van der Waals surface area contributed by atoms with Crippen LogP contribution in [0.25, 0.3) is 11.4 Å². The van der Waals surface area contributed by atoms with Crippen LogP contribution >= 0.6 is 0 Å². The maximum Gasteiger partial charge on any atom is 0.273 e. The van der Waals surface area contributed by atoms with Crippen LogP contribution in [0.3, 0.4) is 0 Å². The van der Waals surface area contributed by atoms with Crippen LogP contribution < -0.4 is 10.6 Å². The Kier molecular flexibility index (Phi) is 7.36. The van der Waals surface area contributed by atoms with Gasteiger partial charge in [0.1, 0.15) is 5.82 Å². The Morgan fingerprint density at radius 1 is 1.14 bits per heavy atom. The highest BCUT2D eigenvalue weighted by molar-refractivity contribution is 6.05. The molecule has 1 aromatic heterocycles. The molecule has 0 saturated carbocycles. The third-order valence-electron chi connectivity index (χ3n) is 5.98. The minimum absolute atomic E-state index is 0.0605. The molecule has 0 spiro atoms. The standard InChI is InChI=1S/C26H29FN6O2/c1-17(2)32-15-7-10-22(32)25(35)28-18(3)24(34)30-26-29-23(20-11-13-21(27)14-12-20)33(31-26)16-19-8-5-4-6-9-19/h4-6,8-9,11-14,17,22H,3,7,10,15-16H2,1-2H3,(H,28,35)(H,30,31,34)/t22-/m0/s1. The van der Waals surface area contributed by atoms with E-state index in [1.807, 2.05) is 44.2 Å². The number of halogens is 1. The zero-order valence-corrected chi connectivity index (χ0v) is 19.9. The highest BCUT2D eigenvalue weighted by atomic mass is 19.1. The van der Waals surface area contributed by atoms with Crippen LogP contribution in [0.2, 0.25) is 0 Å². The second-order valence-electron chi connectivity index (χ2n) is 8.82. The van der Waals surface area contributed by atoms with Crippen molar-refractivity contribution in [2.24, 2.45) is 0 Å². The second kappa shape index (κ2) is 10.6. The Morgan fingerprint density at radius 2 is 1.86 bits per heavy atom. The maximum absolute atomic E-state index is 13.5. The van der Waals surface area contributed by atoms with Crippen LogP contribution in [0.1, 0.15) is 32.3 Å². The molecule has 2 amide bonds. The van der Waals surface area contributed by atoms with Crippen molar-refractivity contribution in [3.05, 3.63) is 78.3 Å². The Bertz CT molecular complexity index is 1210. The van der Waals surface area contributed by atoms with Crippen molar-refractivity contribution in [2.45, 2.75) is 45.3 Å². The molecule has 1 aliphatic rings. The lowest BCUT2D eigenvalue weighted by atomic mass is 10.2. The Balaban J connectivity index is 1.49. The molecule has 1 atom stereocenters. The first-order valence-electron chi connectivity index (χ1n) is 11.6. The van der Waals surface area contributed by atoms with E-state index >= 15 is 0 Å². The monoisotopic (exact) mass is 476 g/mol. The summed E-state index contributed by atoms with van der Waals surface area (Å²) in [5.41, 5.74) is 1.56. The largest absolute Gasteiger partial charge is 0.321 e. The van der Waals surface area contributed by atoms with E-state index in [-0.39, 0.29) is 35.5 Å². The summed E-state index contributed by atoms with van der Waals surface area (Å²) in [5, 5.41) is 9.69. The van der Waals surface area contributed by atoms with Crippen LogP contribution in [0.4, 0.5) is 10.3 Å². The highest BCUT2D eigenvalue weighted by Crippen LogP contribution is 2.22. The summed E-state index contributed by atoms with van der Waals surface area (Å²) in [5.74, 6) is -0.676. The van der Waals surface area contributed by atoms with Gasteiger partial charge in [-0.05, 0) is 63.1 Å². The fraction of sp³-hybridized carbons (Fsp3) is 0.308. The number of hydrogen-bond acceptors (Lipinski definition) is 5. The van der Waals surface area contributed by atoms with Gasteiger partial charge in [-0.25, -0.2) is 9.07 Å². The topological polar surface area (TPSA) is 92.2 Å². The van der Waals surface area contributed by atoms with Gasteiger partial charge >= 0.3 is 0 Å². The van der Waals surface area contributed by atoms with Crippen molar-refractivity contribution in [3.8, 4) is 11.4 Å². The minimum Gasteiger partial charge on any atom is -0.321 e. The number of hydrogen-bond donors (Lipinski definition) is 2. The van der Waals surface area contributed by atoms with Crippen LogP contribution in [-0.4, -0.2) is 50.1 Å². The molecule has 182 valence electrons. The van der Waals surface area contributed by atoms with Gasteiger partial charge < -0.3 is 5.32 Å². The van der Waals surface area contributed by atoms with Gasteiger partial charge in [-0.2, -0.15) is 4.98 Å². The predicted octanol–water partition coefficient (Wildman–Crippen LogP) is 3.57. The van der Waals surface area contributed by atoms with E-state index in [1.54, 1.807) is 16.8 Å². The van der Waals surface area contributed by atoms with Gasteiger partial charge in [0.05, 0.1) is 18.3 Å². The number of anilines is 1. The molecule has 2 aromatic carbocycles. The van der Waals surface area contributed by atoms with E-state index in [0.717, 1.165) is 24.9 Å². The zero-order chi connectivity index (χ0) is 24.9. The van der Waals surface area contributed by atoms with Gasteiger partial charge in [-0.1, -0.05) is 36.9 Å². The molecule has 3 aromatic rings. The SMILES string of the molecule is C=C(NC(=O)[C@@H]1CCCN1C(C)C)C(=O)Nc1nc(-c2ccc(F)cc2)n(Cc2ccccc2)n1. The average molecular weight is 477 g/mol. The van der Waals surface area contributed by atoms with E-state index in [2.05, 4.69) is 32.2 Å². The number of carbonyl (C=O) groups excluding carboxylic acids is 2. The Labute approximate surface area is 203 Å². The third kappa shape index (κ3) is 5.81. The molecular weight excluding hydrogens is 447 g/mol. The number of benzene rings is 2. The molecule has 1 saturated heterocycles. The zero-order valence-electron chi connectivity index (χ0n) is 19.9. The summed E-state index contributed by atoms with van der Waals surface area (Å²) in [6, 6.07) is 15.5. The first-order chi connectivity index (χ1) is 16.8. The van der Waals surface area contributed by atoms with Crippen molar-refractivity contribution in [1.82, 2.24) is 25.0 Å². The van der Waals surface area contributed by atoms with E-state index in [9.17, 15) is 14.0 Å². The third-order valence-corrected chi connectivity index (χ3v) is 5.98. The summed E-state index contributed by atoms with van der Waals surface area (Å²) in [4.78, 5) is 32.1. The molecule has 0 radical (unpaired) electrons. The van der Waals surface area contributed by atoms with Crippen LogP contribution in [0.15, 0.2) is 66.9 Å². The van der Waals surface area contributed by atoms with E-state index in [4.69, 9.17) is 0 Å². The molecular formula is C26H29FN6O2. The van der Waals surface area contributed by atoms with E-state index in [1.165, 1.54) is 12.1 Å². The normalized spacial score (nSPS) is 15.8. The summed E-state index contributed by atoms with van der Waals surface area (Å²) in [7, 11) is 0. The number of nitrogens with zero attached hydrogens (tertiary/aromatic N) is 4. The smallest absolute Gasteiger partial charge is 0.273 e. The number of nitrogens with one attached hydrogen (secondary N) is 2. The summed E-state index contributed by atoms with van der Waals surface area (Å²) in [6.45, 7) is 9.07. The van der Waals surface area contributed by atoms with E-state index in [0.29, 0.717) is 17.9 Å². The molecule has 0 unspecified atom stereocenters. The van der Waals surface area contributed by atoms with Gasteiger partial charge in [0, 0.05) is 11.6 Å². The predicted molar refractivity (Wildman–Crippen MR) is 132 cm³/mol. The van der Waals surface area contributed by atoms with Gasteiger partial charge in [0.15, 0.2) is 5.82 Å². The fourth-order valence-corrected chi connectivity index (χ4v) is 4.23. The van der Waals surface area contributed by atoms with Crippen LogP contribution in [0.5, 0.6) is 0 Å². The van der Waals surface area contributed by atoms with Crippen molar-refractivity contribution in [2.75, 3.05) is 11.9 Å². The lowest BCUT2D eigenvalue weighted by Gasteiger charge is -2.27. The minimum atomic E-state index is -0.602. The second-order valence-corrected chi connectivity index (χ2v) is 8.82. The molecule has 2 N–H and O–H groups in total. The van der Waals surface area contributed by atoms with Gasteiger partial charge in [0.2, 0.25) is 11.9 Å². The molecule has 1 aliphatic heterocycles. The average Bonchev–Trinajstić information content (AvgIpc) is 3.48. The van der Waals surface area contributed by atoms with Gasteiger partial charge in [-0.15, -0.1) is 5.10 Å². The molecule has 0 bridgehead atoms. The Hall–Kier alpha value is -3.85. The number of rotatable bonds is 8. The van der Waals surface area contributed by atoms with Crippen molar-refractivity contribution in [1.29, 1.82) is 0 Å². The lowest BCUT2D eigenvalue weighted by Crippen LogP contribution is -2.46. The highest BCUT2D eigenvalue weighted by Gasteiger charge is 2.33. The summed E-state index contributed by atoms with van der Waals surface area (Å²) >= 11 is 0. The van der Waals surface area contributed by atoms with E-state index < -0.39 is 5.91 Å². The molecule has 2 heterocycles. The molecule has 4 rings (SSSR count). The molecule has 8 nitrogen and oxygen atoms in total. The van der Waals surface area contributed by atoms with Crippen LogP contribution in [0, 0.1) is 5.82 Å². The van der Waals surface area contributed by atoms with Gasteiger partial charge in [0.25, 0.3) is 5.91 Å². The van der Waals surface area contributed by atoms with Crippen molar-refractivity contribution < 1.29 is 14.0 Å². The number of aromatic nitrogens is 3.